The number of rotatable bonds is 9. The number of sulfonamides is 1. The van der Waals surface area contributed by atoms with Gasteiger partial charge < -0.3 is 10.1 Å². The number of ether oxygens (including phenoxy) is 1. The molecule has 21 heavy (non-hydrogen) atoms. The third-order valence-corrected chi connectivity index (χ3v) is 5.34. The molecule has 5 nitrogen and oxygen atoms in total. The van der Waals surface area contributed by atoms with Crippen molar-refractivity contribution in [2.75, 3.05) is 26.8 Å². The van der Waals surface area contributed by atoms with Gasteiger partial charge in [-0.25, -0.2) is 13.1 Å². The average Bonchev–Trinajstić information content (AvgIpc) is 2.43. The Labute approximate surface area is 135 Å². The lowest BCUT2D eigenvalue weighted by molar-refractivity contribution is 0.161. The second-order valence-electron chi connectivity index (χ2n) is 4.96. The Hall–Kier alpha value is -0.470. The van der Waals surface area contributed by atoms with Crippen molar-refractivity contribution in [2.24, 2.45) is 5.92 Å². The van der Waals surface area contributed by atoms with Gasteiger partial charge in [0.25, 0.3) is 0 Å². The van der Waals surface area contributed by atoms with Crippen LogP contribution in [0.5, 0.6) is 0 Å². The molecule has 1 rings (SSSR count). The minimum atomic E-state index is -3.51. The van der Waals surface area contributed by atoms with Crippen LogP contribution < -0.4 is 10.0 Å². The maximum Gasteiger partial charge on any atom is 0.241 e. The predicted octanol–water partition coefficient (Wildman–Crippen LogP) is 2.12. The largest absolute Gasteiger partial charge is 0.384 e. The summed E-state index contributed by atoms with van der Waals surface area (Å²) in [6.07, 6.45) is 0. The van der Waals surface area contributed by atoms with E-state index >= 15 is 0 Å². The van der Waals surface area contributed by atoms with E-state index in [1.54, 1.807) is 13.2 Å². The standard InChI is InChI=1S/C14H23BrN2O3S/c1-4-16-9-12-5-6-14(13(15)7-12)21(18,19)17-8-11(2)10-20-3/h5-7,11,16-17H,4,8-10H2,1-3H3. The second kappa shape index (κ2) is 8.85. The minimum Gasteiger partial charge on any atom is -0.384 e. The molecular formula is C14H23BrN2O3S. The van der Waals surface area contributed by atoms with Crippen LogP contribution in [0.15, 0.2) is 27.6 Å². The molecule has 1 unspecified atom stereocenters. The summed E-state index contributed by atoms with van der Waals surface area (Å²) in [6, 6.07) is 5.27. The highest BCUT2D eigenvalue weighted by molar-refractivity contribution is 9.10. The van der Waals surface area contributed by atoms with Gasteiger partial charge in [-0.3, -0.25) is 0 Å². The smallest absolute Gasteiger partial charge is 0.241 e. The third kappa shape index (κ3) is 6.04. The van der Waals surface area contributed by atoms with E-state index in [2.05, 4.69) is 26.0 Å². The predicted molar refractivity (Wildman–Crippen MR) is 87.8 cm³/mol. The molecule has 0 fully saturated rings. The minimum absolute atomic E-state index is 0.122. The normalized spacial score (nSPS) is 13.3. The van der Waals surface area contributed by atoms with E-state index in [0.717, 1.165) is 12.1 Å². The van der Waals surface area contributed by atoms with Crippen LogP contribution >= 0.6 is 15.9 Å². The van der Waals surface area contributed by atoms with Crippen LogP contribution in [-0.2, 0) is 21.3 Å². The molecule has 0 amide bonds. The van der Waals surface area contributed by atoms with E-state index in [0.29, 0.717) is 24.2 Å². The number of methoxy groups -OCH3 is 1. The van der Waals surface area contributed by atoms with Gasteiger partial charge in [-0.2, -0.15) is 0 Å². The number of benzene rings is 1. The molecule has 0 aliphatic carbocycles. The molecule has 0 aromatic heterocycles. The van der Waals surface area contributed by atoms with Crippen molar-refractivity contribution in [3.8, 4) is 0 Å². The molecule has 1 aromatic rings. The molecule has 0 heterocycles. The summed E-state index contributed by atoms with van der Waals surface area (Å²) in [4.78, 5) is 0.257. The van der Waals surface area contributed by atoms with Crippen molar-refractivity contribution in [3.05, 3.63) is 28.2 Å². The van der Waals surface area contributed by atoms with Crippen LogP contribution in [0.2, 0.25) is 0 Å². The Morgan fingerprint density at radius 3 is 2.67 bits per heavy atom. The van der Waals surface area contributed by atoms with Gasteiger partial charge in [-0.05, 0) is 46.1 Å². The summed E-state index contributed by atoms with van der Waals surface area (Å²) in [7, 11) is -1.91. The Morgan fingerprint density at radius 2 is 2.10 bits per heavy atom. The zero-order chi connectivity index (χ0) is 15.9. The first-order chi connectivity index (χ1) is 9.90. The van der Waals surface area contributed by atoms with Gasteiger partial charge in [-0.1, -0.05) is 19.9 Å². The zero-order valence-corrected chi connectivity index (χ0v) is 15.1. The lowest BCUT2D eigenvalue weighted by Gasteiger charge is -2.13. The Bertz CT molecular complexity index is 549. The first-order valence-electron chi connectivity index (χ1n) is 6.88. The highest BCUT2D eigenvalue weighted by atomic mass is 79.9. The number of hydrogen-bond donors (Lipinski definition) is 2. The lowest BCUT2D eigenvalue weighted by atomic mass is 10.2. The van der Waals surface area contributed by atoms with Gasteiger partial charge >= 0.3 is 0 Å². The Kier molecular flexibility index (Phi) is 7.83. The van der Waals surface area contributed by atoms with Crippen molar-refractivity contribution in [1.82, 2.24) is 10.0 Å². The summed E-state index contributed by atoms with van der Waals surface area (Å²) in [6.45, 7) is 6.41. The first kappa shape index (κ1) is 18.6. The molecule has 120 valence electrons. The van der Waals surface area contributed by atoms with Crippen molar-refractivity contribution in [3.63, 3.8) is 0 Å². The van der Waals surface area contributed by atoms with Crippen molar-refractivity contribution in [2.45, 2.75) is 25.3 Å². The van der Waals surface area contributed by atoms with Crippen LogP contribution in [0.3, 0.4) is 0 Å². The fourth-order valence-corrected chi connectivity index (χ4v) is 4.10. The van der Waals surface area contributed by atoms with Gasteiger partial charge in [0.05, 0.1) is 4.90 Å². The van der Waals surface area contributed by atoms with E-state index < -0.39 is 10.0 Å². The van der Waals surface area contributed by atoms with E-state index in [1.165, 1.54) is 0 Å². The highest BCUT2D eigenvalue weighted by Crippen LogP contribution is 2.23. The molecule has 0 aliphatic heterocycles. The zero-order valence-electron chi connectivity index (χ0n) is 12.6. The van der Waals surface area contributed by atoms with Crippen molar-refractivity contribution < 1.29 is 13.2 Å². The van der Waals surface area contributed by atoms with Gasteiger partial charge in [-0.15, -0.1) is 0 Å². The summed E-state index contributed by atoms with van der Waals surface area (Å²) in [5.41, 5.74) is 1.04. The molecule has 1 atom stereocenters. The fraction of sp³-hybridized carbons (Fsp3) is 0.571. The average molecular weight is 379 g/mol. The van der Waals surface area contributed by atoms with Crippen molar-refractivity contribution in [1.29, 1.82) is 0 Å². The van der Waals surface area contributed by atoms with Crippen LogP contribution in [0.1, 0.15) is 19.4 Å². The maximum atomic E-state index is 12.3. The molecule has 0 spiro atoms. The monoisotopic (exact) mass is 378 g/mol. The molecule has 1 aromatic carbocycles. The molecule has 0 aliphatic rings. The van der Waals surface area contributed by atoms with E-state index in [-0.39, 0.29) is 10.8 Å². The van der Waals surface area contributed by atoms with E-state index in [9.17, 15) is 8.42 Å². The van der Waals surface area contributed by atoms with E-state index in [1.807, 2.05) is 26.0 Å². The number of halogens is 1. The Morgan fingerprint density at radius 1 is 1.38 bits per heavy atom. The SMILES string of the molecule is CCNCc1ccc(S(=O)(=O)NCC(C)COC)c(Br)c1. The summed E-state index contributed by atoms with van der Waals surface area (Å²) < 4.78 is 32.8. The Balaban J connectivity index is 2.78. The topological polar surface area (TPSA) is 67.4 Å². The second-order valence-corrected chi connectivity index (χ2v) is 7.55. The molecule has 0 saturated carbocycles. The van der Waals surface area contributed by atoms with Gasteiger partial charge in [0.15, 0.2) is 0 Å². The van der Waals surface area contributed by atoms with Crippen LogP contribution in [0, 0.1) is 5.92 Å². The molecule has 0 radical (unpaired) electrons. The molecule has 0 saturated heterocycles. The fourth-order valence-electron chi connectivity index (χ4n) is 1.81. The summed E-state index contributed by atoms with van der Waals surface area (Å²) in [5, 5.41) is 3.20. The molecule has 2 N–H and O–H groups in total. The number of nitrogens with one attached hydrogen (secondary N) is 2. The van der Waals surface area contributed by atoms with Crippen LogP contribution in [-0.4, -0.2) is 35.2 Å². The third-order valence-electron chi connectivity index (χ3n) is 2.94. The highest BCUT2D eigenvalue weighted by Gasteiger charge is 2.18. The summed E-state index contributed by atoms with van der Waals surface area (Å²) in [5.74, 6) is 0.122. The van der Waals surface area contributed by atoms with Crippen LogP contribution in [0.4, 0.5) is 0 Å². The number of hydrogen-bond acceptors (Lipinski definition) is 4. The van der Waals surface area contributed by atoms with Crippen molar-refractivity contribution >= 4 is 26.0 Å². The first-order valence-corrected chi connectivity index (χ1v) is 9.16. The van der Waals surface area contributed by atoms with Gasteiger partial charge in [0.2, 0.25) is 10.0 Å². The van der Waals surface area contributed by atoms with Gasteiger partial charge in [0, 0.05) is 31.3 Å². The molecule has 7 heteroatoms. The van der Waals surface area contributed by atoms with Gasteiger partial charge in [0.1, 0.15) is 0 Å². The quantitative estimate of drug-likeness (QED) is 0.690. The maximum absolute atomic E-state index is 12.3. The molecule has 0 bridgehead atoms. The summed E-state index contributed by atoms with van der Waals surface area (Å²) >= 11 is 3.34. The molecular weight excluding hydrogens is 356 g/mol. The lowest BCUT2D eigenvalue weighted by Crippen LogP contribution is -2.30. The van der Waals surface area contributed by atoms with Crippen LogP contribution in [0.25, 0.3) is 0 Å². The van der Waals surface area contributed by atoms with E-state index in [4.69, 9.17) is 4.74 Å².